The van der Waals surface area contributed by atoms with E-state index in [0.29, 0.717) is 50.3 Å². The van der Waals surface area contributed by atoms with E-state index in [1.54, 1.807) is 12.1 Å². The van der Waals surface area contributed by atoms with Gasteiger partial charge in [-0.25, -0.2) is 4.79 Å². The van der Waals surface area contributed by atoms with E-state index in [9.17, 15) is 19.8 Å². The van der Waals surface area contributed by atoms with E-state index in [1.807, 2.05) is 37.8 Å². The van der Waals surface area contributed by atoms with Gasteiger partial charge in [0.2, 0.25) is 11.7 Å². The van der Waals surface area contributed by atoms with Gasteiger partial charge in [0.05, 0.1) is 18.2 Å². The van der Waals surface area contributed by atoms with Gasteiger partial charge in [0.15, 0.2) is 0 Å². The number of unbranched alkanes of at least 4 members (excludes halogenated alkanes) is 19. The molecule has 1 heterocycles. The van der Waals surface area contributed by atoms with Crippen LogP contribution in [0.5, 0.6) is 11.5 Å². The number of ether oxygens (including phenoxy) is 3. The molecule has 11 nitrogen and oxygen atoms in total. The van der Waals surface area contributed by atoms with Crippen LogP contribution in [-0.2, 0) is 14.4 Å². The summed E-state index contributed by atoms with van der Waals surface area (Å²) < 4.78 is 20.7. The van der Waals surface area contributed by atoms with Crippen molar-refractivity contribution in [1.82, 2.24) is 10.2 Å². The number of amides is 2. The molecule has 0 saturated heterocycles. The Balaban J connectivity index is 1.74. The molecule has 398 valence electrons. The highest BCUT2D eigenvalue weighted by atomic mass is 16.7. The summed E-state index contributed by atoms with van der Waals surface area (Å²) in [5, 5.41) is 28.0. The number of rotatable bonds is 37. The summed E-state index contributed by atoms with van der Waals surface area (Å²) >= 11 is 0. The van der Waals surface area contributed by atoms with Crippen molar-refractivity contribution in [3.8, 4) is 11.5 Å². The monoisotopic (exact) mass is 978 g/mol. The van der Waals surface area contributed by atoms with Gasteiger partial charge in [0, 0.05) is 50.6 Å². The molecule has 0 spiro atoms. The van der Waals surface area contributed by atoms with E-state index in [1.165, 1.54) is 89.9 Å². The number of hydrogen-bond donors (Lipinski definition) is 3. The maximum atomic E-state index is 14.8. The SMILES string of the molecule is C=CCO[C@@]12Oc3ccc(OC(=O)NCCCCCCCCCCCC)cc3[C@H]3[C@H](CCCCO)[C@@H](CCCCO)C=C(C(=NOC(C)(C)C)C[C@@H]1N(CCC)C(=O)CCCCCCCCCCC)[C@H]32. The van der Waals surface area contributed by atoms with Gasteiger partial charge in [-0.05, 0) is 101 Å². The van der Waals surface area contributed by atoms with Gasteiger partial charge in [-0.15, -0.1) is 6.58 Å². The van der Waals surface area contributed by atoms with Crippen molar-refractivity contribution < 1.29 is 38.9 Å². The van der Waals surface area contributed by atoms with E-state index in [2.05, 4.69) is 38.7 Å². The number of aliphatic hydroxyl groups is 2. The highest BCUT2D eigenvalue weighted by Crippen LogP contribution is 2.62. The largest absolute Gasteiger partial charge is 0.459 e. The van der Waals surface area contributed by atoms with E-state index < -0.39 is 29.4 Å². The highest BCUT2D eigenvalue weighted by molar-refractivity contribution is 6.03. The summed E-state index contributed by atoms with van der Waals surface area (Å²) in [6.07, 6.45) is 32.7. The molecule has 0 bridgehead atoms. The second kappa shape index (κ2) is 32.6. The first kappa shape index (κ1) is 59.2. The third-order valence-electron chi connectivity index (χ3n) is 14.7. The fourth-order valence-electron chi connectivity index (χ4n) is 11.3. The fraction of sp³-hybridized carbons (Fsp3) is 0.780. The second-order valence-electron chi connectivity index (χ2n) is 21.6. The van der Waals surface area contributed by atoms with Crippen LogP contribution in [0.3, 0.4) is 0 Å². The number of nitrogens with one attached hydrogen (secondary N) is 1. The summed E-state index contributed by atoms with van der Waals surface area (Å²) in [6.45, 7) is 18.2. The van der Waals surface area contributed by atoms with Gasteiger partial charge in [-0.3, -0.25) is 4.79 Å². The third-order valence-corrected chi connectivity index (χ3v) is 14.7. The van der Waals surface area contributed by atoms with E-state index in [0.717, 1.165) is 81.1 Å². The number of allylic oxidation sites excluding steroid dienone is 1. The summed E-state index contributed by atoms with van der Waals surface area (Å²) in [5.41, 5.74) is 2.14. The minimum absolute atomic E-state index is 0.0644. The number of nitrogens with zero attached hydrogens (tertiary/aromatic N) is 2. The molecule has 1 fully saturated rings. The Morgan fingerprint density at radius 1 is 0.814 bits per heavy atom. The Hall–Kier alpha value is -3.41. The van der Waals surface area contributed by atoms with Crippen LogP contribution >= 0.6 is 0 Å². The highest BCUT2D eigenvalue weighted by Gasteiger charge is 2.65. The molecule has 1 aromatic carbocycles. The molecule has 11 heteroatoms. The van der Waals surface area contributed by atoms with Crippen molar-refractivity contribution in [2.45, 2.75) is 245 Å². The molecule has 1 aromatic rings. The average Bonchev–Trinajstić information content (AvgIpc) is 3.34. The maximum Gasteiger partial charge on any atom is 0.412 e. The van der Waals surface area contributed by atoms with Gasteiger partial charge in [-0.1, -0.05) is 160 Å². The summed E-state index contributed by atoms with van der Waals surface area (Å²) in [6, 6.07) is 5.15. The molecule has 1 saturated carbocycles. The van der Waals surface area contributed by atoms with Crippen LogP contribution in [0.2, 0.25) is 0 Å². The summed E-state index contributed by atoms with van der Waals surface area (Å²) in [7, 11) is 0. The van der Waals surface area contributed by atoms with Gasteiger partial charge in [0.25, 0.3) is 0 Å². The van der Waals surface area contributed by atoms with E-state index in [4.69, 9.17) is 24.2 Å². The van der Waals surface area contributed by atoms with Crippen LogP contribution in [0.25, 0.3) is 0 Å². The Labute approximate surface area is 425 Å². The zero-order chi connectivity index (χ0) is 50.6. The number of carbonyl (C=O) groups excluding carboxylic acids is 2. The fourth-order valence-corrected chi connectivity index (χ4v) is 11.3. The van der Waals surface area contributed by atoms with Crippen molar-refractivity contribution in [2.24, 2.45) is 22.9 Å². The molecular formula is C59H99N3O8. The quantitative estimate of drug-likeness (QED) is 0.0340. The molecule has 6 atom stereocenters. The maximum absolute atomic E-state index is 14.8. The summed E-state index contributed by atoms with van der Waals surface area (Å²) in [5.74, 6) is -0.615. The third kappa shape index (κ3) is 18.6. The molecule has 0 unspecified atom stereocenters. The van der Waals surface area contributed by atoms with Crippen LogP contribution in [0.4, 0.5) is 4.79 Å². The first-order valence-corrected chi connectivity index (χ1v) is 28.5. The predicted molar refractivity (Wildman–Crippen MR) is 286 cm³/mol. The van der Waals surface area contributed by atoms with Gasteiger partial charge in [0.1, 0.15) is 23.1 Å². The van der Waals surface area contributed by atoms with Gasteiger partial charge >= 0.3 is 6.09 Å². The molecule has 0 radical (unpaired) electrons. The number of fused-ring (bicyclic) bond motifs is 2. The topological polar surface area (TPSA) is 139 Å². The summed E-state index contributed by atoms with van der Waals surface area (Å²) in [4.78, 5) is 36.6. The zero-order valence-corrected chi connectivity index (χ0v) is 45.1. The molecule has 2 aliphatic carbocycles. The molecule has 1 aliphatic heterocycles. The van der Waals surface area contributed by atoms with Crippen LogP contribution in [0.1, 0.15) is 233 Å². The number of hydrogen-bond acceptors (Lipinski definition) is 9. The normalized spacial score (nSPS) is 22.1. The molecule has 0 aromatic heterocycles. The minimum atomic E-state index is -1.32. The lowest BCUT2D eigenvalue weighted by Crippen LogP contribution is -2.70. The van der Waals surface area contributed by atoms with Gasteiger partial charge < -0.3 is 39.5 Å². The standard InChI is InChI=1S/C59H99N3O8/c1-8-12-14-16-18-20-22-24-26-30-38-60-57(66)68-47-36-37-52-50(44-47)55-48(34-29-32-41-64)46(33-28-31-40-63)43-49-51(61-70-58(5,6)7)45-53(59(69-52,56(49)55)67-42-11-4)62(39-10-3)54(65)35-27-25-23-21-19-17-15-13-9-2/h11,36-37,43-44,46,48,53,55-56,63-64H,4,8-10,12-35,38-42,45H2,1-3,5-7H3,(H,60,66)/t46-,48+,53-,55+,56+,59+/m0/s1. The van der Waals surface area contributed by atoms with Crippen molar-refractivity contribution in [1.29, 1.82) is 0 Å². The Kier molecular flexibility index (Phi) is 27.6. The van der Waals surface area contributed by atoms with Crippen LogP contribution < -0.4 is 14.8 Å². The first-order valence-electron chi connectivity index (χ1n) is 28.5. The first-order chi connectivity index (χ1) is 34.0. The van der Waals surface area contributed by atoms with Crippen molar-refractivity contribution in [2.75, 3.05) is 32.9 Å². The lowest BCUT2D eigenvalue weighted by Gasteiger charge is -2.60. The van der Waals surface area contributed by atoms with E-state index >= 15 is 0 Å². The number of aliphatic hydroxyl groups excluding tert-OH is 2. The van der Waals surface area contributed by atoms with E-state index in [-0.39, 0.29) is 43.5 Å². The second-order valence-corrected chi connectivity index (χ2v) is 21.6. The Morgan fingerprint density at radius 3 is 2.00 bits per heavy atom. The van der Waals surface area contributed by atoms with Crippen molar-refractivity contribution in [3.63, 3.8) is 0 Å². The molecular weight excluding hydrogens is 879 g/mol. The van der Waals surface area contributed by atoms with Crippen LogP contribution in [-0.4, -0.2) is 83.2 Å². The van der Waals surface area contributed by atoms with Crippen LogP contribution in [0, 0.1) is 17.8 Å². The number of carbonyl (C=O) groups is 2. The molecule has 70 heavy (non-hydrogen) atoms. The lowest BCUT2D eigenvalue weighted by atomic mass is 9.55. The minimum Gasteiger partial charge on any atom is -0.459 e. The van der Waals surface area contributed by atoms with Crippen LogP contribution in [0.15, 0.2) is 47.7 Å². The Bertz CT molecular complexity index is 1720. The number of benzene rings is 1. The van der Waals surface area contributed by atoms with Gasteiger partial charge in [-0.2, -0.15) is 0 Å². The molecule has 3 aliphatic rings. The average molecular weight is 978 g/mol. The zero-order valence-electron chi connectivity index (χ0n) is 45.1. The number of oxime groups is 1. The molecule has 2 amide bonds. The molecule has 3 N–H and O–H groups in total. The van der Waals surface area contributed by atoms with Crippen molar-refractivity contribution >= 4 is 17.7 Å². The Morgan fingerprint density at radius 2 is 1.41 bits per heavy atom. The van der Waals surface area contributed by atoms with Crippen molar-refractivity contribution in [3.05, 3.63) is 48.1 Å². The molecule has 4 rings (SSSR count). The smallest absolute Gasteiger partial charge is 0.412 e. The lowest BCUT2D eigenvalue weighted by molar-refractivity contribution is -0.257. The predicted octanol–water partition coefficient (Wildman–Crippen LogP) is 14.3.